The van der Waals surface area contributed by atoms with Crippen LogP contribution < -0.4 is 9.47 Å². The normalized spacial score (nSPS) is 11.9. The van der Waals surface area contributed by atoms with Crippen LogP contribution in [0.5, 0.6) is 11.5 Å². The van der Waals surface area contributed by atoms with Gasteiger partial charge in [-0.25, -0.2) is 0 Å². The lowest BCUT2D eigenvalue weighted by Crippen LogP contribution is -2.20. The first-order valence-electron chi connectivity index (χ1n) is 6.68. The summed E-state index contributed by atoms with van der Waals surface area (Å²) < 4.78 is 10.9. The molecule has 0 saturated heterocycles. The van der Waals surface area contributed by atoms with Crippen molar-refractivity contribution in [1.29, 1.82) is 0 Å². The van der Waals surface area contributed by atoms with E-state index in [2.05, 4.69) is 0 Å². The standard InChI is InChI=1S/C17H20O3/c1-13-8-9-17(19-2)14(10-13)11-15(18)12-20-16-6-4-3-5-7-16/h3-10,15,18H,11-12H2,1-2H3. The van der Waals surface area contributed by atoms with E-state index in [0.29, 0.717) is 6.42 Å². The monoisotopic (exact) mass is 272 g/mol. The molecule has 0 aliphatic rings. The van der Waals surface area contributed by atoms with E-state index in [9.17, 15) is 5.11 Å². The Hall–Kier alpha value is -2.00. The van der Waals surface area contributed by atoms with Crippen LogP contribution in [0.15, 0.2) is 48.5 Å². The number of para-hydroxylation sites is 1. The highest BCUT2D eigenvalue weighted by Crippen LogP contribution is 2.21. The molecule has 1 unspecified atom stereocenters. The first-order chi connectivity index (χ1) is 9.69. The van der Waals surface area contributed by atoms with Crippen LogP contribution in [0, 0.1) is 6.92 Å². The van der Waals surface area contributed by atoms with Crippen molar-refractivity contribution < 1.29 is 14.6 Å². The van der Waals surface area contributed by atoms with Gasteiger partial charge in [-0.2, -0.15) is 0 Å². The third kappa shape index (κ3) is 4.00. The Morgan fingerprint density at radius 1 is 1.10 bits per heavy atom. The SMILES string of the molecule is COc1ccc(C)cc1CC(O)COc1ccccc1. The summed E-state index contributed by atoms with van der Waals surface area (Å²) in [6.45, 7) is 2.29. The molecule has 0 heterocycles. The van der Waals surface area contributed by atoms with Gasteiger partial charge in [0.1, 0.15) is 18.1 Å². The Kier molecular flexibility index (Phi) is 5.02. The van der Waals surface area contributed by atoms with Crippen LogP contribution in [0.25, 0.3) is 0 Å². The van der Waals surface area contributed by atoms with Gasteiger partial charge in [0.25, 0.3) is 0 Å². The molecule has 0 spiro atoms. The van der Waals surface area contributed by atoms with Crippen molar-refractivity contribution >= 4 is 0 Å². The fourth-order valence-electron chi connectivity index (χ4n) is 2.09. The lowest BCUT2D eigenvalue weighted by Gasteiger charge is -2.15. The molecule has 2 aromatic carbocycles. The van der Waals surface area contributed by atoms with Gasteiger partial charge in [-0.05, 0) is 30.7 Å². The zero-order valence-corrected chi connectivity index (χ0v) is 11.9. The number of hydrogen-bond acceptors (Lipinski definition) is 3. The van der Waals surface area contributed by atoms with E-state index in [4.69, 9.17) is 9.47 Å². The maximum absolute atomic E-state index is 10.1. The summed E-state index contributed by atoms with van der Waals surface area (Å²) in [4.78, 5) is 0. The fourth-order valence-corrected chi connectivity index (χ4v) is 2.09. The number of aliphatic hydroxyl groups is 1. The molecular weight excluding hydrogens is 252 g/mol. The van der Waals surface area contributed by atoms with Crippen LogP contribution in [0.3, 0.4) is 0 Å². The van der Waals surface area contributed by atoms with E-state index in [0.717, 1.165) is 22.6 Å². The van der Waals surface area contributed by atoms with E-state index >= 15 is 0 Å². The lowest BCUT2D eigenvalue weighted by molar-refractivity contribution is 0.107. The average molecular weight is 272 g/mol. The summed E-state index contributed by atoms with van der Waals surface area (Å²) in [5.41, 5.74) is 2.15. The molecule has 3 heteroatoms. The van der Waals surface area contributed by atoms with Gasteiger partial charge < -0.3 is 14.6 Å². The van der Waals surface area contributed by atoms with Gasteiger partial charge in [-0.15, -0.1) is 0 Å². The summed E-state index contributed by atoms with van der Waals surface area (Å²) >= 11 is 0. The van der Waals surface area contributed by atoms with Crippen LogP contribution in [-0.4, -0.2) is 24.9 Å². The Morgan fingerprint density at radius 2 is 1.85 bits per heavy atom. The van der Waals surface area contributed by atoms with E-state index in [1.54, 1.807) is 7.11 Å². The number of hydrogen-bond donors (Lipinski definition) is 1. The third-order valence-electron chi connectivity index (χ3n) is 3.08. The van der Waals surface area contributed by atoms with E-state index in [-0.39, 0.29) is 6.61 Å². The number of aryl methyl sites for hydroxylation is 1. The van der Waals surface area contributed by atoms with Crippen molar-refractivity contribution in [3.63, 3.8) is 0 Å². The minimum Gasteiger partial charge on any atom is -0.496 e. The van der Waals surface area contributed by atoms with Gasteiger partial charge in [-0.3, -0.25) is 0 Å². The van der Waals surface area contributed by atoms with Crippen LogP contribution in [0.2, 0.25) is 0 Å². The Balaban J connectivity index is 1.94. The largest absolute Gasteiger partial charge is 0.496 e. The minimum atomic E-state index is -0.564. The topological polar surface area (TPSA) is 38.7 Å². The molecule has 0 saturated carbocycles. The van der Waals surface area contributed by atoms with Crippen molar-refractivity contribution in [3.05, 3.63) is 59.7 Å². The summed E-state index contributed by atoms with van der Waals surface area (Å²) in [5.74, 6) is 1.57. The maximum atomic E-state index is 10.1. The predicted octanol–water partition coefficient (Wildman–Crippen LogP) is 2.99. The van der Waals surface area contributed by atoms with Crippen molar-refractivity contribution in [2.45, 2.75) is 19.4 Å². The van der Waals surface area contributed by atoms with Crippen LogP contribution in [-0.2, 0) is 6.42 Å². The smallest absolute Gasteiger partial charge is 0.122 e. The Bertz CT molecular complexity index is 537. The van der Waals surface area contributed by atoms with E-state index in [1.807, 2.05) is 55.5 Å². The lowest BCUT2D eigenvalue weighted by atomic mass is 10.0. The van der Waals surface area contributed by atoms with Crippen LogP contribution >= 0.6 is 0 Å². The van der Waals surface area contributed by atoms with Gasteiger partial charge in [0, 0.05) is 6.42 Å². The van der Waals surface area contributed by atoms with Gasteiger partial charge in [0.2, 0.25) is 0 Å². The first-order valence-corrected chi connectivity index (χ1v) is 6.68. The summed E-state index contributed by atoms with van der Waals surface area (Å²) in [6, 6.07) is 15.5. The molecule has 1 N–H and O–H groups in total. The molecule has 3 nitrogen and oxygen atoms in total. The Morgan fingerprint density at radius 3 is 2.55 bits per heavy atom. The second kappa shape index (κ2) is 6.96. The molecule has 0 aromatic heterocycles. The van der Waals surface area contributed by atoms with Crippen molar-refractivity contribution in [2.24, 2.45) is 0 Å². The summed E-state index contributed by atoms with van der Waals surface area (Å²) in [7, 11) is 1.64. The minimum absolute atomic E-state index is 0.265. The van der Waals surface area contributed by atoms with Gasteiger partial charge in [-0.1, -0.05) is 35.9 Å². The number of rotatable bonds is 6. The van der Waals surface area contributed by atoms with Crippen molar-refractivity contribution in [2.75, 3.05) is 13.7 Å². The highest BCUT2D eigenvalue weighted by atomic mass is 16.5. The number of benzene rings is 2. The zero-order chi connectivity index (χ0) is 14.4. The second-order valence-electron chi connectivity index (χ2n) is 4.80. The molecule has 0 aliphatic heterocycles. The molecule has 0 amide bonds. The molecule has 0 aliphatic carbocycles. The molecule has 0 bridgehead atoms. The van der Waals surface area contributed by atoms with Crippen LogP contribution in [0.4, 0.5) is 0 Å². The van der Waals surface area contributed by atoms with Crippen molar-refractivity contribution in [1.82, 2.24) is 0 Å². The predicted molar refractivity (Wildman–Crippen MR) is 79.4 cm³/mol. The molecule has 2 rings (SSSR count). The fraction of sp³-hybridized carbons (Fsp3) is 0.294. The van der Waals surface area contributed by atoms with Crippen molar-refractivity contribution in [3.8, 4) is 11.5 Å². The zero-order valence-electron chi connectivity index (χ0n) is 11.9. The number of ether oxygens (including phenoxy) is 2. The molecule has 106 valence electrons. The number of methoxy groups -OCH3 is 1. The molecule has 0 fully saturated rings. The molecule has 1 atom stereocenters. The van der Waals surface area contributed by atoms with Gasteiger partial charge in [0.05, 0.1) is 13.2 Å². The summed E-state index contributed by atoms with van der Waals surface area (Å²) in [6.07, 6.45) is -0.0524. The van der Waals surface area contributed by atoms with Gasteiger partial charge in [0.15, 0.2) is 0 Å². The van der Waals surface area contributed by atoms with Gasteiger partial charge >= 0.3 is 0 Å². The number of aliphatic hydroxyl groups excluding tert-OH is 1. The quantitative estimate of drug-likeness (QED) is 0.878. The molecular formula is C17H20O3. The van der Waals surface area contributed by atoms with Crippen LogP contribution in [0.1, 0.15) is 11.1 Å². The molecule has 2 aromatic rings. The molecule has 20 heavy (non-hydrogen) atoms. The third-order valence-corrected chi connectivity index (χ3v) is 3.08. The second-order valence-corrected chi connectivity index (χ2v) is 4.80. The maximum Gasteiger partial charge on any atom is 0.122 e. The highest BCUT2D eigenvalue weighted by Gasteiger charge is 2.11. The first kappa shape index (κ1) is 14.4. The van der Waals surface area contributed by atoms with E-state index < -0.39 is 6.10 Å². The summed E-state index contributed by atoms with van der Waals surface area (Å²) in [5, 5.41) is 10.1. The highest BCUT2D eigenvalue weighted by molar-refractivity contribution is 5.37. The Labute approximate surface area is 119 Å². The molecule has 0 radical (unpaired) electrons. The van der Waals surface area contributed by atoms with E-state index in [1.165, 1.54) is 0 Å². The average Bonchev–Trinajstić information content (AvgIpc) is 2.46.